The number of hydrogen-bond donors (Lipinski definition) is 0. The lowest BCUT2D eigenvalue weighted by Gasteiger charge is -1.97. The van der Waals surface area contributed by atoms with E-state index in [1.54, 1.807) is 6.92 Å². The van der Waals surface area contributed by atoms with Gasteiger partial charge in [-0.1, -0.05) is 30.3 Å². The van der Waals surface area contributed by atoms with Crippen LogP contribution >= 0.6 is 0 Å². The maximum absolute atomic E-state index is 10.9. The molecule has 0 aromatic heterocycles. The van der Waals surface area contributed by atoms with Crippen LogP contribution in [0.1, 0.15) is 31.2 Å². The lowest BCUT2D eigenvalue weighted by atomic mass is 10.1. The molecule has 2 atom stereocenters. The van der Waals surface area contributed by atoms with Gasteiger partial charge in [-0.25, -0.2) is 0 Å². The zero-order chi connectivity index (χ0) is 9.26. The Labute approximate surface area is 78.8 Å². The van der Waals surface area contributed by atoms with E-state index >= 15 is 0 Å². The Morgan fingerprint density at radius 3 is 2.69 bits per heavy atom. The highest BCUT2D eigenvalue weighted by Crippen LogP contribution is 2.49. The average Bonchev–Trinajstić information content (AvgIpc) is 2.84. The van der Waals surface area contributed by atoms with Crippen molar-refractivity contribution in [2.45, 2.75) is 25.7 Å². The molecule has 68 valence electrons. The molecule has 0 amide bonds. The molecule has 1 nitrogen and oxygen atoms in total. The average molecular weight is 174 g/mol. The van der Waals surface area contributed by atoms with Gasteiger partial charge in [0.2, 0.25) is 0 Å². The normalized spacial score (nSPS) is 25.6. The molecule has 2 rings (SSSR count). The van der Waals surface area contributed by atoms with E-state index in [4.69, 9.17) is 0 Å². The Kier molecular flexibility index (Phi) is 2.17. The maximum Gasteiger partial charge on any atom is 0.130 e. The van der Waals surface area contributed by atoms with E-state index in [-0.39, 0.29) is 0 Å². The van der Waals surface area contributed by atoms with Crippen LogP contribution in [0.25, 0.3) is 0 Å². The minimum absolute atomic E-state index is 0.323. The maximum atomic E-state index is 10.9. The first-order valence-electron chi connectivity index (χ1n) is 4.82. The molecular weight excluding hydrogens is 160 g/mol. The van der Waals surface area contributed by atoms with Crippen LogP contribution < -0.4 is 0 Å². The Hall–Kier alpha value is -1.11. The zero-order valence-corrected chi connectivity index (χ0v) is 7.86. The van der Waals surface area contributed by atoms with E-state index in [1.807, 2.05) is 6.07 Å². The van der Waals surface area contributed by atoms with Crippen LogP contribution in [0.5, 0.6) is 0 Å². The molecule has 0 saturated heterocycles. The molecular formula is C12H14O. The van der Waals surface area contributed by atoms with E-state index in [0.717, 1.165) is 6.42 Å². The summed E-state index contributed by atoms with van der Waals surface area (Å²) in [4.78, 5) is 10.9. The summed E-state index contributed by atoms with van der Waals surface area (Å²) in [6, 6.07) is 10.5. The lowest BCUT2D eigenvalue weighted by Crippen LogP contribution is -1.92. The van der Waals surface area contributed by atoms with Gasteiger partial charge < -0.3 is 4.79 Å². The van der Waals surface area contributed by atoms with Gasteiger partial charge in [0.25, 0.3) is 0 Å². The first-order valence-corrected chi connectivity index (χ1v) is 4.82. The molecule has 1 aliphatic carbocycles. The van der Waals surface area contributed by atoms with Crippen molar-refractivity contribution in [1.82, 2.24) is 0 Å². The van der Waals surface area contributed by atoms with E-state index in [1.165, 1.54) is 12.0 Å². The third-order valence-corrected chi connectivity index (χ3v) is 2.70. The van der Waals surface area contributed by atoms with E-state index in [0.29, 0.717) is 17.6 Å². The molecule has 0 heterocycles. The Balaban J connectivity index is 1.97. The van der Waals surface area contributed by atoms with Crippen molar-refractivity contribution < 1.29 is 4.79 Å². The van der Waals surface area contributed by atoms with Crippen molar-refractivity contribution in [3.05, 3.63) is 35.9 Å². The smallest absolute Gasteiger partial charge is 0.130 e. The van der Waals surface area contributed by atoms with Crippen molar-refractivity contribution in [3.63, 3.8) is 0 Å². The van der Waals surface area contributed by atoms with Gasteiger partial charge in [0.05, 0.1) is 0 Å². The Morgan fingerprint density at radius 2 is 2.08 bits per heavy atom. The summed E-state index contributed by atoms with van der Waals surface area (Å²) in [5, 5.41) is 0. The SMILES string of the molecule is CC(=O)CC1CC1c1ccccc1. The van der Waals surface area contributed by atoms with Gasteiger partial charge >= 0.3 is 0 Å². The Morgan fingerprint density at radius 1 is 1.38 bits per heavy atom. The molecule has 2 unspecified atom stereocenters. The minimum Gasteiger partial charge on any atom is -0.300 e. The molecule has 1 aliphatic rings. The minimum atomic E-state index is 0.323. The van der Waals surface area contributed by atoms with E-state index in [2.05, 4.69) is 24.3 Å². The van der Waals surface area contributed by atoms with Gasteiger partial charge in [-0.15, -0.1) is 0 Å². The molecule has 0 spiro atoms. The van der Waals surface area contributed by atoms with Gasteiger partial charge in [0, 0.05) is 6.42 Å². The second-order valence-corrected chi connectivity index (χ2v) is 3.92. The van der Waals surface area contributed by atoms with Crippen LogP contribution in [0.15, 0.2) is 30.3 Å². The molecule has 1 heteroatoms. The van der Waals surface area contributed by atoms with Gasteiger partial charge in [0.1, 0.15) is 5.78 Å². The fourth-order valence-electron chi connectivity index (χ4n) is 1.95. The second-order valence-electron chi connectivity index (χ2n) is 3.92. The molecule has 0 N–H and O–H groups in total. The molecule has 13 heavy (non-hydrogen) atoms. The number of carbonyl (C=O) groups excluding carboxylic acids is 1. The van der Waals surface area contributed by atoms with Crippen LogP contribution in [0.4, 0.5) is 0 Å². The highest BCUT2D eigenvalue weighted by atomic mass is 16.1. The molecule has 1 aromatic carbocycles. The zero-order valence-electron chi connectivity index (χ0n) is 7.86. The highest BCUT2D eigenvalue weighted by molar-refractivity contribution is 5.76. The fraction of sp³-hybridized carbons (Fsp3) is 0.417. The summed E-state index contributed by atoms with van der Waals surface area (Å²) >= 11 is 0. The Bertz CT molecular complexity index is 302. The molecule has 1 aromatic rings. The molecule has 0 aliphatic heterocycles. The molecule has 1 fully saturated rings. The largest absolute Gasteiger partial charge is 0.300 e. The van der Waals surface area contributed by atoms with Crippen LogP contribution in [0.3, 0.4) is 0 Å². The highest BCUT2D eigenvalue weighted by Gasteiger charge is 2.38. The second kappa shape index (κ2) is 3.33. The quantitative estimate of drug-likeness (QED) is 0.688. The fourth-order valence-corrected chi connectivity index (χ4v) is 1.95. The predicted octanol–water partition coefficient (Wildman–Crippen LogP) is 2.77. The third kappa shape index (κ3) is 1.97. The van der Waals surface area contributed by atoms with Gasteiger partial charge in [0.15, 0.2) is 0 Å². The summed E-state index contributed by atoms with van der Waals surface area (Å²) in [5.74, 6) is 1.61. The van der Waals surface area contributed by atoms with Gasteiger partial charge in [-0.2, -0.15) is 0 Å². The van der Waals surface area contributed by atoms with Crippen molar-refractivity contribution >= 4 is 5.78 Å². The number of hydrogen-bond acceptors (Lipinski definition) is 1. The van der Waals surface area contributed by atoms with Gasteiger partial charge in [-0.05, 0) is 30.7 Å². The summed E-state index contributed by atoms with van der Waals surface area (Å²) in [6.45, 7) is 1.68. The number of benzene rings is 1. The van der Waals surface area contributed by atoms with Crippen molar-refractivity contribution in [1.29, 1.82) is 0 Å². The van der Waals surface area contributed by atoms with E-state index in [9.17, 15) is 4.79 Å². The molecule has 0 radical (unpaired) electrons. The van der Waals surface area contributed by atoms with Crippen LogP contribution in [0.2, 0.25) is 0 Å². The third-order valence-electron chi connectivity index (χ3n) is 2.70. The van der Waals surface area contributed by atoms with Crippen molar-refractivity contribution in [2.75, 3.05) is 0 Å². The summed E-state index contributed by atoms with van der Waals surface area (Å²) in [7, 11) is 0. The van der Waals surface area contributed by atoms with E-state index < -0.39 is 0 Å². The topological polar surface area (TPSA) is 17.1 Å². The predicted molar refractivity (Wildman–Crippen MR) is 52.6 cm³/mol. The molecule has 1 saturated carbocycles. The lowest BCUT2D eigenvalue weighted by molar-refractivity contribution is -0.117. The summed E-state index contributed by atoms with van der Waals surface area (Å²) in [5.41, 5.74) is 1.40. The van der Waals surface area contributed by atoms with Crippen LogP contribution in [-0.2, 0) is 4.79 Å². The van der Waals surface area contributed by atoms with Crippen molar-refractivity contribution in [3.8, 4) is 0 Å². The van der Waals surface area contributed by atoms with Crippen LogP contribution in [0, 0.1) is 5.92 Å². The number of Topliss-reactive ketones (excluding diaryl/α,β-unsaturated/α-hetero) is 1. The van der Waals surface area contributed by atoms with Crippen molar-refractivity contribution in [2.24, 2.45) is 5.92 Å². The number of carbonyl (C=O) groups is 1. The first kappa shape index (κ1) is 8.49. The monoisotopic (exact) mass is 174 g/mol. The first-order chi connectivity index (χ1) is 6.27. The summed E-state index contributed by atoms with van der Waals surface area (Å²) in [6.07, 6.45) is 1.96. The molecule has 0 bridgehead atoms. The number of rotatable bonds is 3. The standard InChI is InChI=1S/C12H14O/c1-9(13)7-11-8-12(11)10-5-3-2-4-6-10/h2-6,11-12H,7-8H2,1H3. The van der Waals surface area contributed by atoms with Gasteiger partial charge in [-0.3, -0.25) is 0 Å². The number of ketones is 1. The summed E-state index contributed by atoms with van der Waals surface area (Å²) < 4.78 is 0. The van der Waals surface area contributed by atoms with Crippen LogP contribution in [-0.4, -0.2) is 5.78 Å².